The van der Waals surface area contributed by atoms with Crippen LogP contribution < -0.4 is 4.74 Å². The molecule has 0 spiro atoms. The molecule has 2 heterocycles. The summed E-state index contributed by atoms with van der Waals surface area (Å²) in [4.78, 5) is 32.8. The first-order valence-electron chi connectivity index (χ1n) is 9.68. The molecule has 0 saturated carbocycles. The molecule has 0 radical (unpaired) electrons. The molecular weight excluding hydrogens is 396 g/mol. The second kappa shape index (κ2) is 9.17. The quantitative estimate of drug-likeness (QED) is 0.574. The third-order valence-corrected chi connectivity index (χ3v) is 4.87. The normalized spacial score (nSPS) is 15.3. The summed E-state index contributed by atoms with van der Waals surface area (Å²) in [5.74, 6) is -0.417. The van der Waals surface area contributed by atoms with E-state index in [-0.39, 0.29) is 11.7 Å². The Kier molecular flexibility index (Phi) is 5.98. The van der Waals surface area contributed by atoms with Crippen LogP contribution in [0.15, 0.2) is 78.3 Å². The summed E-state index contributed by atoms with van der Waals surface area (Å²) in [5, 5.41) is 5.94. The molecule has 0 bridgehead atoms. The van der Waals surface area contributed by atoms with E-state index in [4.69, 9.17) is 9.47 Å². The van der Waals surface area contributed by atoms with Gasteiger partial charge in [0.2, 0.25) is 0 Å². The Morgan fingerprint density at radius 3 is 2.52 bits per heavy atom. The predicted octanol–water partition coefficient (Wildman–Crippen LogP) is 3.02. The van der Waals surface area contributed by atoms with Crippen LogP contribution in [0.2, 0.25) is 0 Å². The van der Waals surface area contributed by atoms with Gasteiger partial charge in [-0.25, -0.2) is 14.8 Å². The van der Waals surface area contributed by atoms with E-state index in [1.54, 1.807) is 7.11 Å². The number of carbonyl (C=O) groups is 2. The average molecular weight is 416 g/mol. The molecule has 31 heavy (non-hydrogen) atoms. The van der Waals surface area contributed by atoms with E-state index in [2.05, 4.69) is 15.1 Å². The second-order valence-electron chi connectivity index (χ2n) is 6.81. The number of benzene rings is 2. The number of hydrogen-bond acceptors (Lipinski definition) is 7. The molecule has 1 aliphatic rings. The lowest BCUT2D eigenvalue weighted by Crippen LogP contribution is -2.31. The number of carbonyl (C=O) groups excluding carboxylic acids is 2. The van der Waals surface area contributed by atoms with Crippen molar-refractivity contribution in [1.82, 2.24) is 15.0 Å². The fourth-order valence-corrected chi connectivity index (χ4v) is 3.30. The van der Waals surface area contributed by atoms with Gasteiger partial charge >= 0.3 is 5.97 Å². The highest BCUT2D eigenvalue weighted by molar-refractivity contribution is 6.03. The highest BCUT2D eigenvalue weighted by Crippen LogP contribution is 2.33. The van der Waals surface area contributed by atoms with Crippen molar-refractivity contribution in [2.75, 3.05) is 13.7 Å². The van der Waals surface area contributed by atoms with E-state index in [1.807, 2.05) is 54.6 Å². The number of hydrogen-bond donors (Lipinski definition) is 0. The molecule has 0 saturated heterocycles. The third kappa shape index (κ3) is 4.58. The van der Waals surface area contributed by atoms with Gasteiger partial charge in [0.1, 0.15) is 5.75 Å². The fraction of sp³-hybridized carbons (Fsp3) is 0.174. The molecular formula is C23H20N4O4. The summed E-state index contributed by atoms with van der Waals surface area (Å²) in [6.07, 6.45) is 4.66. The van der Waals surface area contributed by atoms with E-state index < -0.39 is 18.5 Å². The van der Waals surface area contributed by atoms with Gasteiger partial charge in [-0.2, -0.15) is 5.10 Å². The molecule has 4 rings (SSSR count). The lowest BCUT2D eigenvalue weighted by Gasteiger charge is -2.22. The largest absolute Gasteiger partial charge is 0.497 e. The monoisotopic (exact) mass is 416 g/mol. The summed E-state index contributed by atoms with van der Waals surface area (Å²) in [5.41, 5.74) is 2.67. The number of esters is 1. The predicted molar refractivity (Wildman–Crippen MR) is 112 cm³/mol. The molecule has 0 aliphatic carbocycles. The lowest BCUT2D eigenvalue weighted by molar-refractivity contribution is -0.136. The molecule has 3 aromatic rings. The van der Waals surface area contributed by atoms with Gasteiger partial charge in [-0.15, -0.1) is 0 Å². The number of nitrogens with zero attached hydrogens (tertiary/aromatic N) is 4. The van der Waals surface area contributed by atoms with Gasteiger partial charge < -0.3 is 9.47 Å². The summed E-state index contributed by atoms with van der Waals surface area (Å²) in [7, 11) is 1.60. The van der Waals surface area contributed by atoms with Crippen molar-refractivity contribution in [2.45, 2.75) is 12.5 Å². The lowest BCUT2D eigenvalue weighted by atomic mass is 9.98. The Bertz CT molecular complexity index is 1090. The van der Waals surface area contributed by atoms with Crippen molar-refractivity contribution >= 4 is 17.6 Å². The maximum absolute atomic E-state index is 12.9. The fourth-order valence-electron chi connectivity index (χ4n) is 3.30. The zero-order valence-electron chi connectivity index (χ0n) is 16.8. The summed E-state index contributed by atoms with van der Waals surface area (Å²) in [6, 6.07) is 16.8. The van der Waals surface area contributed by atoms with Gasteiger partial charge in [0.15, 0.2) is 12.3 Å². The third-order valence-electron chi connectivity index (χ3n) is 4.87. The van der Waals surface area contributed by atoms with E-state index >= 15 is 0 Å². The second-order valence-corrected chi connectivity index (χ2v) is 6.81. The first kappa shape index (κ1) is 20.2. The van der Waals surface area contributed by atoms with Crippen molar-refractivity contribution in [1.29, 1.82) is 0 Å². The highest BCUT2D eigenvalue weighted by Gasteiger charge is 2.33. The molecule has 156 valence electrons. The van der Waals surface area contributed by atoms with Crippen molar-refractivity contribution in [3.8, 4) is 5.75 Å². The van der Waals surface area contributed by atoms with Gasteiger partial charge in [-0.05, 0) is 23.3 Å². The van der Waals surface area contributed by atoms with Crippen LogP contribution in [0.4, 0.5) is 0 Å². The molecule has 8 heteroatoms. The van der Waals surface area contributed by atoms with Gasteiger partial charge in [0.05, 0.1) is 25.1 Å². The molecule has 1 aromatic heterocycles. The minimum absolute atomic E-state index is 0.0388. The summed E-state index contributed by atoms with van der Waals surface area (Å²) < 4.78 is 10.4. The molecule has 2 aromatic carbocycles. The van der Waals surface area contributed by atoms with Gasteiger partial charge in [0.25, 0.3) is 5.91 Å². The van der Waals surface area contributed by atoms with Crippen LogP contribution in [0, 0.1) is 0 Å². The van der Waals surface area contributed by atoms with Crippen molar-refractivity contribution in [2.24, 2.45) is 5.10 Å². The number of amides is 1. The highest BCUT2D eigenvalue weighted by atomic mass is 16.5. The van der Waals surface area contributed by atoms with Crippen LogP contribution >= 0.6 is 0 Å². The molecule has 1 aliphatic heterocycles. The van der Waals surface area contributed by atoms with E-state index in [1.165, 1.54) is 23.6 Å². The van der Waals surface area contributed by atoms with Crippen LogP contribution in [-0.2, 0) is 9.53 Å². The van der Waals surface area contributed by atoms with Crippen LogP contribution in [-0.4, -0.2) is 46.3 Å². The van der Waals surface area contributed by atoms with Crippen molar-refractivity contribution in [3.05, 3.63) is 90.0 Å². The van der Waals surface area contributed by atoms with E-state index in [0.29, 0.717) is 6.42 Å². The first-order valence-corrected chi connectivity index (χ1v) is 9.68. The number of rotatable bonds is 6. The Balaban J connectivity index is 1.54. The zero-order chi connectivity index (χ0) is 21.6. The van der Waals surface area contributed by atoms with Gasteiger partial charge in [-0.1, -0.05) is 42.5 Å². The molecule has 8 nitrogen and oxygen atoms in total. The zero-order valence-corrected chi connectivity index (χ0v) is 16.8. The van der Waals surface area contributed by atoms with Crippen molar-refractivity contribution < 1.29 is 19.1 Å². The average Bonchev–Trinajstić information content (AvgIpc) is 3.29. The molecule has 0 unspecified atom stereocenters. The first-order chi connectivity index (χ1) is 15.2. The SMILES string of the molecule is COc1ccc([C@@H]2CC(c3ccccc3)=NN2C(=O)COC(=O)c2cnccn2)cc1. The molecule has 0 fully saturated rings. The number of aromatic nitrogens is 2. The Labute approximate surface area is 179 Å². The smallest absolute Gasteiger partial charge is 0.359 e. The summed E-state index contributed by atoms with van der Waals surface area (Å²) >= 11 is 0. The van der Waals surface area contributed by atoms with Crippen molar-refractivity contribution in [3.63, 3.8) is 0 Å². The number of methoxy groups -OCH3 is 1. The Morgan fingerprint density at radius 1 is 1.06 bits per heavy atom. The van der Waals surface area contributed by atoms with Gasteiger partial charge in [0, 0.05) is 18.8 Å². The van der Waals surface area contributed by atoms with Gasteiger partial charge in [-0.3, -0.25) is 9.78 Å². The van der Waals surface area contributed by atoms with E-state index in [0.717, 1.165) is 22.6 Å². The maximum atomic E-state index is 12.9. The van der Waals surface area contributed by atoms with Crippen LogP contribution in [0.5, 0.6) is 5.75 Å². The minimum Gasteiger partial charge on any atom is -0.497 e. The Morgan fingerprint density at radius 2 is 1.84 bits per heavy atom. The molecule has 1 amide bonds. The maximum Gasteiger partial charge on any atom is 0.359 e. The van der Waals surface area contributed by atoms with E-state index in [9.17, 15) is 9.59 Å². The van der Waals surface area contributed by atoms with Crippen LogP contribution in [0.25, 0.3) is 0 Å². The topological polar surface area (TPSA) is 94.0 Å². The Hall–Kier alpha value is -4.07. The standard InChI is InChI=1S/C23H20N4O4/c1-30-18-9-7-17(8-10-18)21-13-19(16-5-3-2-4-6-16)26-27(21)22(28)15-31-23(29)20-14-24-11-12-25-20/h2-12,14,21H,13,15H2,1H3/t21-/m0/s1. The number of ether oxygens (including phenoxy) is 2. The summed E-state index contributed by atoms with van der Waals surface area (Å²) in [6.45, 7) is -0.451. The molecule has 1 atom stereocenters. The van der Waals surface area contributed by atoms with Crippen LogP contribution in [0.3, 0.4) is 0 Å². The molecule has 0 N–H and O–H groups in total. The van der Waals surface area contributed by atoms with Crippen LogP contribution in [0.1, 0.15) is 34.1 Å². The number of hydrazone groups is 1. The minimum atomic E-state index is -0.714.